The number of nitrogens with zero attached hydrogens (tertiary/aromatic N) is 1. The van der Waals surface area contributed by atoms with Crippen LogP contribution in [0.1, 0.15) is 10.4 Å². The summed E-state index contributed by atoms with van der Waals surface area (Å²) in [5.41, 5.74) is 8.67. The van der Waals surface area contributed by atoms with Crippen molar-refractivity contribution < 1.29 is 4.79 Å². The van der Waals surface area contributed by atoms with Crippen molar-refractivity contribution in [3.05, 3.63) is 51.6 Å². The Morgan fingerprint density at radius 2 is 1.95 bits per heavy atom. The van der Waals surface area contributed by atoms with Crippen LogP contribution in [0.3, 0.4) is 0 Å². The lowest BCUT2D eigenvalue weighted by Gasteiger charge is -2.18. The average molecular weight is 381 g/mol. The van der Waals surface area contributed by atoms with E-state index in [1.54, 1.807) is 12.1 Å². The Hall–Kier alpha value is -1.76. The van der Waals surface area contributed by atoms with E-state index in [0.29, 0.717) is 16.9 Å². The Bertz CT molecular complexity index is 641. The van der Waals surface area contributed by atoms with Crippen molar-refractivity contribution in [2.75, 3.05) is 30.0 Å². The highest BCUT2D eigenvalue weighted by atomic mass is 127. The fourth-order valence-electron chi connectivity index (χ4n) is 1.87. The van der Waals surface area contributed by atoms with Crippen LogP contribution in [0.25, 0.3) is 0 Å². The maximum absolute atomic E-state index is 12.3. The summed E-state index contributed by atoms with van der Waals surface area (Å²) in [6.45, 7) is 0. The second kappa shape index (κ2) is 6.13. The number of hydrogen-bond donors (Lipinski definition) is 2. The monoisotopic (exact) mass is 381 g/mol. The molecule has 0 heterocycles. The average Bonchev–Trinajstić information content (AvgIpc) is 2.38. The van der Waals surface area contributed by atoms with E-state index in [1.807, 2.05) is 49.3 Å². The molecule has 0 saturated carbocycles. The highest BCUT2D eigenvalue weighted by Gasteiger charge is 2.11. The number of amides is 1. The highest BCUT2D eigenvalue weighted by Crippen LogP contribution is 2.27. The first-order valence-electron chi connectivity index (χ1n) is 6.11. The van der Waals surface area contributed by atoms with Crippen LogP contribution in [0.5, 0.6) is 0 Å². The predicted molar refractivity (Wildman–Crippen MR) is 92.3 cm³/mol. The quantitative estimate of drug-likeness (QED) is 0.634. The zero-order valence-electron chi connectivity index (χ0n) is 11.4. The first-order chi connectivity index (χ1) is 9.47. The fraction of sp³-hybridized carbons (Fsp3) is 0.133. The second-order valence-corrected chi connectivity index (χ2v) is 5.88. The lowest BCUT2D eigenvalue weighted by atomic mass is 10.2. The SMILES string of the molecule is CN(C)c1ccc(N)cc1NC(=O)c1cccc(I)c1. The van der Waals surface area contributed by atoms with E-state index in [9.17, 15) is 4.79 Å². The van der Waals surface area contributed by atoms with Crippen molar-refractivity contribution >= 4 is 45.6 Å². The molecule has 0 saturated heterocycles. The van der Waals surface area contributed by atoms with Crippen molar-refractivity contribution in [2.24, 2.45) is 0 Å². The van der Waals surface area contributed by atoms with Gasteiger partial charge >= 0.3 is 0 Å². The Morgan fingerprint density at radius 1 is 1.20 bits per heavy atom. The smallest absolute Gasteiger partial charge is 0.255 e. The van der Waals surface area contributed by atoms with E-state index < -0.39 is 0 Å². The Morgan fingerprint density at radius 3 is 2.60 bits per heavy atom. The van der Waals surface area contributed by atoms with E-state index in [0.717, 1.165) is 9.26 Å². The van der Waals surface area contributed by atoms with Gasteiger partial charge in [-0.2, -0.15) is 0 Å². The Kier molecular flexibility index (Phi) is 4.49. The summed E-state index contributed by atoms with van der Waals surface area (Å²) >= 11 is 2.18. The number of rotatable bonds is 3. The van der Waals surface area contributed by atoms with Gasteiger partial charge in [0.25, 0.3) is 5.91 Å². The molecule has 0 aliphatic rings. The molecule has 2 rings (SSSR count). The molecule has 0 aliphatic heterocycles. The van der Waals surface area contributed by atoms with E-state index in [2.05, 4.69) is 27.9 Å². The number of hydrogen-bond acceptors (Lipinski definition) is 3. The minimum atomic E-state index is -0.141. The number of nitrogens with one attached hydrogen (secondary N) is 1. The van der Waals surface area contributed by atoms with E-state index >= 15 is 0 Å². The van der Waals surface area contributed by atoms with Crippen LogP contribution < -0.4 is 16.0 Å². The minimum absolute atomic E-state index is 0.141. The molecular weight excluding hydrogens is 365 g/mol. The molecular formula is C15H16IN3O. The van der Waals surface area contributed by atoms with Gasteiger partial charge in [0.1, 0.15) is 0 Å². The molecule has 4 nitrogen and oxygen atoms in total. The van der Waals surface area contributed by atoms with Crippen LogP contribution in [0, 0.1) is 3.57 Å². The summed E-state index contributed by atoms with van der Waals surface area (Å²) in [5.74, 6) is -0.141. The van der Waals surface area contributed by atoms with E-state index in [-0.39, 0.29) is 5.91 Å². The van der Waals surface area contributed by atoms with Crippen molar-refractivity contribution in [3.8, 4) is 0 Å². The van der Waals surface area contributed by atoms with E-state index in [1.165, 1.54) is 0 Å². The van der Waals surface area contributed by atoms with Gasteiger partial charge in [-0.1, -0.05) is 6.07 Å². The summed E-state index contributed by atoms with van der Waals surface area (Å²) in [6, 6.07) is 12.9. The molecule has 3 N–H and O–H groups in total. The minimum Gasteiger partial charge on any atom is -0.399 e. The number of nitrogen functional groups attached to an aromatic ring is 1. The second-order valence-electron chi connectivity index (χ2n) is 4.64. The molecule has 2 aromatic carbocycles. The molecule has 0 spiro atoms. The van der Waals surface area contributed by atoms with Gasteiger partial charge in [0.05, 0.1) is 11.4 Å². The molecule has 5 heteroatoms. The van der Waals surface area contributed by atoms with Crippen LogP contribution in [-0.2, 0) is 0 Å². The number of carbonyl (C=O) groups is 1. The highest BCUT2D eigenvalue weighted by molar-refractivity contribution is 14.1. The van der Waals surface area contributed by atoms with Crippen LogP contribution in [0.4, 0.5) is 17.1 Å². The number of nitrogens with two attached hydrogens (primary N) is 1. The van der Waals surface area contributed by atoms with Crippen molar-refractivity contribution in [1.82, 2.24) is 0 Å². The maximum atomic E-state index is 12.3. The summed E-state index contributed by atoms with van der Waals surface area (Å²) in [5, 5.41) is 2.91. The summed E-state index contributed by atoms with van der Waals surface area (Å²) < 4.78 is 1.02. The van der Waals surface area contributed by atoms with Crippen LogP contribution in [0.2, 0.25) is 0 Å². The van der Waals surface area contributed by atoms with Gasteiger partial charge in [0.2, 0.25) is 0 Å². The zero-order valence-corrected chi connectivity index (χ0v) is 13.5. The Labute approximate surface area is 132 Å². The number of halogens is 1. The number of carbonyl (C=O) groups excluding carboxylic acids is 1. The van der Waals surface area contributed by atoms with Crippen molar-refractivity contribution in [2.45, 2.75) is 0 Å². The molecule has 0 aromatic heterocycles. The third-order valence-electron chi connectivity index (χ3n) is 2.84. The third-order valence-corrected chi connectivity index (χ3v) is 3.51. The number of anilines is 3. The van der Waals surface area contributed by atoms with Gasteiger partial charge in [0, 0.05) is 28.9 Å². The molecule has 20 heavy (non-hydrogen) atoms. The topological polar surface area (TPSA) is 58.4 Å². The molecule has 0 atom stereocenters. The fourth-order valence-corrected chi connectivity index (χ4v) is 2.41. The van der Waals surface area contributed by atoms with Crippen LogP contribution >= 0.6 is 22.6 Å². The van der Waals surface area contributed by atoms with Crippen LogP contribution in [-0.4, -0.2) is 20.0 Å². The predicted octanol–water partition coefficient (Wildman–Crippen LogP) is 3.19. The lowest BCUT2D eigenvalue weighted by molar-refractivity contribution is 0.102. The van der Waals surface area contributed by atoms with Gasteiger partial charge in [-0.05, 0) is 59.0 Å². The van der Waals surface area contributed by atoms with Crippen LogP contribution in [0.15, 0.2) is 42.5 Å². The molecule has 0 unspecified atom stereocenters. The van der Waals surface area contributed by atoms with Crippen molar-refractivity contribution in [1.29, 1.82) is 0 Å². The normalized spacial score (nSPS) is 10.2. The first-order valence-corrected chi connectivity index (χ1v) is 7.19. The molecule has 104 valence electrons. The van der Waals surface area contributed by atoms with E-state index in [4.69, 9.17) is 5.73 Å². The maximum Gasteiger partial charge on any atom is 0.255 e. The number of benzene rings is 2. The van der Waals surface area contributed by atoms with Gasteiger partial charge in [-0.3, -0.25) is 4.79 Å². The molecule has 2 aromatic rings. The largest absolute Gasteiger partial charge is 0.399 e. The van der Waals surface area contributed by atoms with Crippen molar-refractivity contribution in [3.63, 3.8) is 0 Å². The molecule has 0 aliphatic carbocycles. The summed E-state index contributed by atoms with van der Waals surface area (Å²) in [6.07, 6.45) is 0. The molecule has 1 amide bonds. The summed E-state index contributed by atoms with van der Waals surface area (Å²) in [4.78, 5) is 14.2. The van der Waals surface area contributed by atoms with Gasteiger partial charge < -0.3 is 16.0 Å². The van der Waals surface area contributed by atoms with Gasteiger partial charge in [0.15, 0.2) is 0 Å². The zero-order chi connectivity index (χ0) is 14.7. The third kappa shape index (κ3) is 3.41. The molecule has 0 radical (unpaired) electrons. The lowest BCUT2D eigenvalue weighted by Crippen LogP contribution is -2.17. The summed E-state index contributed by atoms with van der Waals surface area (Å²) in [7, 11) is 3.85. The van der Waals surface area contributed by atoms with Gasteiger partial charge in [-0.15, -0.1) is 0 Å². The molecule has 0 bridgehead atoms. The Balaban J connectivity index is 2.30. The van der Waals surface area contributed by atoms with Gasteiger partial charge in [-0.25, -0.2) is 0 Å². The standard InChI is InChI=1S/C15H16IN3O/c1-19(2)14-7-6-12(17)9-13(14)18-15(20)10-4-3-5-11(16)8-10/h3-9H,17H2,1-2H3,(H,18,20). The molecule has 0 fully saturated rings. The first kappa shape index (κ1) is 14.6.